The summed E-state index contributed by atoms with van der Waals surface area (Å²) in [7, 11) is 3.50. The lowest BCUT2D eigenvalue weighted by molar-refractivity contribution is 0.141. The van der Waals surface area contributed by atoms with Crippen molar-refractivity contribution < 1.29 is 18.9 Å². The number of rotatable bonds is 8. The highest BCUT2D eigenvalue weighted by Crippen LogP contribution is 2.68. The Bertz CT molecular complexity index is 3270. The smallest absolute Gasteiger partial charge is 0.128 e. The molecule has 0 saturated carbocycles. The molecule has 8 aromatic carbocycles. The van der Waals surface area contributed by atoms with E-state index in [4.69, 9.17) is 28.9 Å². The summed E-state index contributed by atoms with van der Waals surface area (Å²) >= 11 is 0. The van der Waals surface area contributed by atoms with Gasteiger partial charge in [-0.3, -0.25) is 0 Å². The molecule has 0 aliphatic heterocycles. The van der Waals surface area contributed by atoms with Crippen LogP contribution in [-0.2, 0) is 9.47 Å². The van der Waals surface area contributed by atoms with Crippen LogP contribution in [0.15, 0.2) is 146 Å². The molecule has 6 bridgehead atoms. The molecule has 9 aromatic rings. The molecule has 1 heterocycles. The second-order valence-corrected chi connectivity index (χ2v) is 18.9. The minimum atomic E-state index is -0.121. The number of nitrogens with zero attached hydrogens (tertiary/aromatic N) is 2. The molecule has 9 aliphatic rings. The van der Waals surface area contributed by atoms with Crippen LogP contribution in [0.25, 0.3) is 22.1 Å². The summed E-state index contributed by atoms with van der Waals surface area (Å²) in [6.45, 7) is 1.83. The summed E-state index contributed by atoms with van der Waals surface area (Å²) in [5, 5.41) is 0. The highest BCUT2D eigenvalue weighted by Gasteiger charge is 2.52. The summed E-state index contributed by atoms with van der Waals surface area (Å²) in [5.74, 6) is 2.00. The van der Waals surface area contributed by atoms with Crippen LogP contribution in [0.3, 0.4) is 0 Å². The minimum absolute atomic E-state index is 0.0193. The van der Waals surface area contributed by atoms with Gasteiger partial charge in [0.15, 0.2) is 0 Å². The summed E-state index contributed by atoms with van der Waals surface area (Å²) in [4.78, 5) is 11.1. The van der Waals surface area contributed by atoms with Gasteiger partial charge in [0.1, 0.15) is 24.7 Å². The van der Waals surface area contributed by atoms with Crippen LogP contribution in [0.5, 0.6) is 11.5 Å². The van der Waals surface area contributed by atoms with Gasteiger partial charge >= 0.3 is 0 Å². The molecule has 0 N–H and O–H groups in total. The third kappa shape index (κ3) is 4.73. The molecule has 9 aliphatic carbocycles. The van der Waals surface area contributed by atoms with E-state index in [1.54, 1.807) is 14.2 Å². The van der Waals surface area contributed by atoms with Crippen LogP contribution < -0.4 is 9.47 Å². The number of ether oxygens (including phenoxy) is 4. The van der Waals surface area contributed by atoms with Crippen molar-refractivity contribution in [2.75, 3.05) is 40.6 Å². The Kier molecular flexibility index (Phi) is 7.71. The highest BCUT2D eigenvalue weighted by molar-refractivity contribution is 5.92. The van der Waals surface area contributed by atoms with E-state index in [1.165, 1.54) is 100 Å². The molecular weight excluding hydrogens is 813 g/mol. The van der Waals surface area contributed by atoms with Gasteiger partial charge in [-0.2, -0.15) is 0 Å². The van der Waals surface area contributed by atoms with Crippen LogP contribution in [0.4, 0.5) is 0 Å². The normalized spacial score (nSPS) is 20.9. The van der Waals surface area contributed by atoms with Crippen LogP contribution in [0.1, 0.15) is 136 Å². The fourth-order valence-corrected chi connectivity index (χ4v) is 13.6. The minimum Gasteiger partial charge on any atom is -0.491 e. The first-order valence-corrected chi connectivity index (χ1v) is 23.4. The van der Waals surface area contributed by atoms with E-state index in [0.717, 1.165) is 33.6 Å². The van der Waals surface area contributed by atoms with Gasteiger partial charge in [-0.1, -0.05) is 121 Å². The molecule has 0 saturated heterocycles. The molecule has 0 amide bonds. The topological polar surface area (TPSA) is 62.7 Å². The van der Waals surface area contributed by atoms with Crippen LogP contribution in [0, 0.1) is 0 Å². The van der Waals surface area contributed by atoms with Crippen molar-refractivity contribution >= 4 is 22.1 Å². The number of fused-ring (bicyclic) bond motifs is 2. The number of hydrogen-bond donors (Lipinski definition) is 0. The standard InChI is InChI=1S/C60H44N2O4/c1-63-23-25-65-59-55-51-35-17-7-9-19-37(35)52(38-20-10-8-18-36(38)51)56(55)60(66-26-24-64-2)58-54-40-22-12-11-21-39(40)53(57(58)59)43-29-47-48(30-44(43)54)62-46-28-42-41(27-45(46)61-47)49-31-13-3-5-15-33(31)50(42)34-16-6-4-14-32(34)49/h3-22,27-30,49-54H,23-26H2,1-2H3/t49?,50?,51?,52?,53-,54+. The van der Waals surface area contributed by atoms with Gasteiger partial charge in [-0.25, -0.2) is 9.97 Å². The van der Waals surface area contributed by atoms with E-state index in [-0.39, 0.29) is 35.5 Å². The Morgan fingerprint density at radius 2 is 0.530 bits per heavy atom. The maximum Gasteiger partial charge on any atom is 0.128 e. The molecule has 2 atom stereocenters. The van der Waals surface area contributed by atoms with Gasteiger partial charge in [-0.15, -0.1) is 0 Å². The van der Waals surface area contributed by atoms with Crippen molar-refractivity contribution in [2.24, 2.45) is 0 Å². The molecule has 0 fully saturated rings. The summed E-state index contributed by atoms with van der Waals surface area (Å²) in [6.07, 6.45) is 0. The van der Waals surface area contributed by atoms with E-state index >= 15 is 0 Å². The van der Waals surface area contributed by atoms with Crippen molar-refractivity contribution in [1.82, 2.24) is 9.97 Å². The Morgan fingerprint density at radius 1 is 0.303 bits per heavy atom. The van der Waals surface area contributed by atoms with Gasteiger partial charge in [0, 0.05) is 72.0 Å². The second-order valence-electron chi connectivity index (χ2n) is 18.9. The lowest BCUT2D eigenvalue weighted by atomic mass is 9.55. The molecule has 6 nitrogen and oxygen atoms in total. The molecule has 318 valence electrons. The molecule has 1 aromatic heterocycles. The third-order valence-corrected chi connectivity index (χ3v) is 16.0. The third-order valence-electron chi connectivity index (χ3n) is 16.0. The molecule has 6 heteroatoms. The molecule has 18 rings (SSSR count). The van der Waals surface area contributed by atoms with Crippen LogP contribution in [0.2, 0.25) is 0 Å². The van der Waals surface area contributed by atoms with Crippen molar-refractivity contribution in [3.8, 4) is 11.5 Å². The average Bonchev–Trinajstić information content (AvgIpc) is 3.36. The Morgan fingerprint density at radius 3 is 0.788 bits per heavy atom. The largest absolute Gasteiger partial charge is 0.491 e. The van der Waals surface area contributed by atoms with E-state index < -0.39 is 0 Å². The SMILES string of the molecule is COCCOc1c2c(c(OCCOC)c3c1[C@@H]1c4ccccc4[C@H]3c3cc4nc5cc6c(cc5nc4cc31)C1c3ccccc3C6c3ccccc31)C1c3ccccc3C2c2ccccc21. The first-order chi connectivity index (χ1) is 32.7. The quantitative estimate of drug-likeness (QED) is 0.112. The number of aromatic nitrogens is 2. The molecular formula is C60H44N2O4. The molecule has 0 radical (unpaired) electrons. The molecule has 66 heavy (non-hydrogen) atoms. The van der Waals surface area contributed by atoms with Crippen LogP contribution in [-0.4, -0.2) is 50.6 Å². The number of hydrogen-bond acceptors (Lipinski definition) is 6. The Labute approximate surface area is 382 Å². The fourth-order valence-electron chi connectivity index (χ4n) is 13.6. The van der Waals surface area contributed by atoms with Gasteiger partial charge in [-0.05, 0) is 102 Å². The average molecular weight is 857 g/mol. The van der Waals surface area contributed by atoms with E-state index in [0.29, 0.717) is 26.4 Å². The fraction of sp³-hybridized carbons (Fsp3) is 0.200. The number of methoxy groups -OCH3 is 2. The summed E-state index contributed by atoms with van der Waals surface area (Å²) in [5.41, 5.74) is 27.3. The Hall–Kier alpha value is -7.12. The lowest BCUT2D eigenvalue weighted by Gasteiger charge is -2.49. The first kappa shape index (κ1) is 37.1. The molecule has 0 spiro atoms. The van der Waals surface area contributed by atoms with Crippen molar-refractivity contribution in [3.63, 3.8) is 0 Å². The van der Waals surface area contributed by atoms with Crippen molar-refractivity contribution in [1.29, 1.82) is 0 Å². The van der Waals surface area contributed by atoms with Gasteiger partial charge < -0.3 is 18.9 Å². The predicted molar refractivity (Wildman–Crippen MR) is 256 cm³/mol. The zero-order valence-corrected chi connectivity index (χ0v) is 36.7. The predicted octanol–water partition coefficient (Wildman–Crippen LogP) is 11.8. The zero-order valence-electron chi connectivity index (χ0n) is 36.7. The van der Waals surface area contributed by atoms with Gasteiger partial charge in [0.2, 0.25) is 0 Å². The first-order valence-electron chi connectivity index (χ1n) is 23.4. The zero-order chi connectivity index (χ0) is 43.4. The van der Waals surface area contributed by atoms with Gasteiger partial charge in [0.25, 0.3) is 0 Å². The van der Waals surface area contributed by atoms with E-state index in [9.17, 15) is 0 Å². The van der Waals surface area contributed by atoms with E-state index in [1.807, 2.05) is 0 Å². The maximum absolute atomic E-state index is 7.23. The highest BCUT2D eigenvalue weighted by atomic mass is 16.5. The van der Waals surface area contributed by atoms with Crippen LogP contribution >= 0.6 is 0 Å². The number of benzene rings is 8. The lowest BCUT2D eigenvalue weighted by Crippen LogP contribution is -2.34. The van der Waals surface area contributed by atoms with Crippen molar-refractivity contribution in [3.05, 3.63) is 246 Å². The second kappa shape index (κ2) is 13.7. The maximum atomic E-state index is 7.23. The monoisotopic (exact) mass is 856 g/mol. The Balaban J connectivity index is 0.988. The van der Waals surface area contributed by atoms with E-state index in [2.05, 4.69) is 146 Å². The van der Waals surface area contributed by atoms with Crippen molar-refractivity contribution in [2.45, 2.75) is 35.5 Å². The van der Waals surface area contributed by atoms with Gasteiger partial charge in [0.05, 0.1) is 35.3 Å². The summed E-state index contributed by atoms with van der Waals surface area (Å²) in [6, 6.07) is 54.5. The molecule has 0 unspecified atom stereocenters. The summed E-state index contributed by atoms with van der Waals surface area (Å²) < 4.78 is 25.8.